The molecule has 0 unspecified atom stereocenters. The van der Waals surface area contributed by atoms with Crippen molar-refractivity contribution >= 4 is 29.1 Å². The van der Waals surface area contributed by atoms with Gasteiger partial charge in [-0.3, -0.25) is 4.79 Å². The molecule has 3 rings (SSSR count). The normalized spacial score (nSPS) is 10.6. The molecule has 28 heavy (non-hydrogen) atoms. The summed E-state index contributed by atoms with van der Waals surface area (Å²) in [5, 5.41) is 6.45. The minimum atomic E-state index is -0.354. The summed E-state index contributed by atoms with van der Waals surface area (Å²) in [4.78, 5) is 21.2. The first kappa shape index (κ1) is 19.8. The fourth-order valence-electron chi connectivity index (χ4n) is 2.70. The molecule has 1 amide bonds. The molecule has 0 saturated heterocycles. The lowest BCUT2D eigenvalue weighted by Crippen LogP contribution is -2.17. The largest absolute Gasteiger partial charge is 0.354 e. The Morgan fingerprint density at radius 1 is 1.11 bits per heavy atom. The highest BCUT2D eigenvalue weighted by Crippen LogP contribution is 2.23. The number of benzene rings is 2. The van der Waals surface area contributed by atoms with Gasteiger partial charge in [0.2, 0.25) is 5.95 Å². The Kier molecular flexibility index (Phi) is 6.21. The van der Waals surface area contributed by atoms with Gasteiger partial charge in [-0.25, -0.2) is 14.4 Å². The van der Waals surface area contributed by atoms with E-state index in [9.17, 15) is 9.18 Å². The molecule has 2 aromatic carbocycles. The number of nitrogens with zero attached hydrogens (tertiary/aromatic N) is 2. The van der Waals surface area contributed by atoms with Crippen LogP contribution in [-0.2, 0) is 6.42 Å². The second kappa shape index (κ2) is 8.80. The lowest BCUT2D eigenvalue weighted by Gasteiger charge is -2.11. The van der Waals surface area contributed by atoms with Gasteiger partial charge in [-0.1, -0.05) is 35.9 Å². The van der Waals surface area contributed by atoms with E-state index in [-0.39, 0.29) is 17.4 Å². The molecule has 144 valence electrons. The van der Waals surface area contributed by atoms with Crippen molar-refractivity contribution in [1.82, 2.24) is 9.97 Å². The van der Waals surface area contributed by atoms with Crippen LogP contribution in [0.4, 0.5) is 16.0 Å². The third-order valence-corrected chi connectivity index (χ3v) is 4.65. The molecule has 1 aromatic heterocycles. The van der Waals surface area contributed by atoms with Crippen LogP contribution in [0.15, 0.2) is 48.5 Å². The quantitative estimate of drug-likeness (QED) is 0.626. The predicted molar refractivity (Wildman–Crippen MR) is 110 cm³/mol. The van der Waals surface area contributed by atoms with Crippen LogP contribution in [0.1, 0.15) is 27.3 Å². The van der Waals surface area contributed by atoms with Crippen molar-refractivity contribution in [3.8, 4) is 0 Å². The molecule has 0 saturated carbocycles. The zero-order chi connectivity index (χ0) is 20.1. The minimum absolute atomic E-state index is 0.236. The van der Waals surface area contributed by atoms with Gasteiger partial charge in [-0.15, -0.1) is 0 Å². The van der Waals surface area contributed by atoms with Gasteiger partial charge >= 0.3 is 0 Å². The van der Waals surface area contributed by atoms with Crippen LogP contribution in [0.3, 0.4) is 0 Å². The van der Waals surface area contributed by atoms with Crippen LogP contribution in [0.2, 0.25) is 5.02 Å². The highest BCUT2D eigenvalue weighted by atomic mass is 35.5. The maximum Gasteiger partial charge on any atom is 0.274 e. The number of halogens is 2. The third-order valence-electron chi connectivity index (χ3n) is 4.24. The maximum absolute atomic E-state index is 13.7. The Labute approximate surface area is 168 Å². The zero-order valence-corrected chi connectivity index (χ0v) is 16.3. The topological polar surface area (TPSA) is 66.9 Å². The van der Waals surface area contributed by atoms with E-state index >= 15 is 0 Å². The first-order chi connectivity index (χ1) is 13.4. The fraction of sp³-hybridized carbons (Fsp3) is 0.190. The lowest BCUT2D eigenvalue weighted by molar-refractivity contribution is 0.102. The smallest absolute Gasteiger partial charge is 0.274 e. The summed E-state index contributed by atoms with van der Waals surface area (Å²) in [6, 6.07) is 13.5. The van der Waals surface area contributed by atoms with Crippen molar-refractivity contribution in [1.29, 1.82) is 0 Å². The van der Waals surface area contributed by atoms with Gasteiger partial charge in [0.15, 0.2) is 0 Å². The van der Waals surface area contributed by atoms with Crippen molar-refractivity contribution in [2.24, 2.45) is 0 Å². The molecule has 0 aliphatic carbocycles. The first-order valence-electron chi connectivity index (χ1n) is 8.83. The molecule has 0 atom stereocenters. The molecule has 0 radical (unpaired) electrons. The monoisotopic (exact) mass is 398 g/mol. The van der Waals surface area contributed by atoms with Crippen molar-refractivity contribution in [2.45, 2.75) is 20.3 Å². The molecule has 1 heterocycles. The summed E-state index contributed by atoms with van der Waals surface area (Å²) >= 11 is 6.10. The van der Waals surface area contributed by atoms with Crippen molar-refractivity contribution < 1.29 is 9.18 Å². The van der Waals surface area contributed by atoms with E-state index in [0.717, 1.165) is 5.56 Å². The summed E-state index contributed by atoms with van der Waals surface area (Å²) in [7, 11) is 0. The molecule has 7 heteroatoms. The van der Waals surface area contributed by atoms with Crippen LogP contribution in [0.5, 0.6) is 0 Å². The third kappa shape index (κ3) is 4.84. The summed E-state index contributed by atoms with van der Waals surface area (Å²) < 4.78 is 13.7. The molecule has 0 aliphatic rings. The van der Waals surface area contributed by atoms with Gasteiger partial charge in [-0.2, -0.15) is 0 Å². The van der Waals surface area contributed by atoms with Gasteiger partial charge in [0, 0.05) is 22.9 Å². The van der Waals surface area contributed by atoms with Gasteiger partial charge in [0.25, 0.3) is 5.91 Å². The fourth-order valence-corrected chi connectivity index (χ4v) is 2.88. The molecule has 3 aromatic rings. The predicted octanol–water partition coefficient (Wildman–Crippen LogP) is 4.79. The Hall–Kier alpha value is -2.99. The summed E-state index contributed by atoms with van der Waals surface area (Å²) in [6.45, 7) is 4.06. The minimum Gasteiger partial charge on any atom is -0.354 e. The number of hydrogen-bond donors (Lipinski definition) is 2. The standard InChI is InChI=1S/C21H20ClFN4O/c1-13-12-19(20(28)26-18-9-5-7-16(22)14(18)2)27-21(25-13)24-11-10-15-6-3-4-8-17(15)23/h3-9,12H,10-11H2,1-2H3,(H,26,28)(H,24,25,27). The summed E-state index contributed by atoms with van der Waals surface area (Å²) in [5.41, 5.74) is 2.91. The first-order valence-corrected chi connectivity index (χ1v) is 9.21. The Morgan fingerprint density at radius 2 is 1.89 bits per heavy atom. The number of carbonyl (C=O) groups excluding carboxylic acids is 1. The molecule has 0 aliphatic heterocycles. The van der Waals surface area contributed by atoms with Crippen LogP contribution in [-0.4, -0.2) is 22.4 Å². The molecular formula is C21H20ClFN4O. The van der Waals surface area contributed by atoms with E-state index in [1.165, 1.54) is 6.07 Å². The SMILES string of the molecule is Cc1cc(C(=O)Nc2cccc(Cl)c2C)nc(NCCc2ccccc2F)n1. The summed E-state index contributed by atoms with van der Waals surface area (Å²) in [5.74, 6) is -0.274. The van der Waals surface area contributed by atoms with Gasteiger partial charge < -0.3 is 10.6 Å². The van der Waals surface area contributed by atoms with Gasteiger partial charge in [-0.05, 0) is 55.7 Å². The number of rotatable bonds is 6. The van der Waals surface area contributed by atoms with E-state index < -0.39 is 0 Å². The van der Waals surface area contributed by atoms with Crippen LogP contribution >= 0.6 is 11.6 Å². The van der Waals surface area contributed by atoms with Crippen LogP contribution in [0, 0.1) is 19.7 Å². The van der Waals surface area contributed by atoms with Crippen molar-refractivity contribution in [3.05, 3.63) is 81.9 Å². The highest BCUT2D eigenvalue weighted by Gasteiger charge is 2.13. The molecular weight excluding hydrogens is 379 g/mol. The van der Waals surface area contributed by atoms with Crippen molar-refractivity contribution in [3.63, 3.8) is 0 Å². The zero-order valence-electron chi connectivity index (χ0n) is 15.6. The number of aromatic nitrogens is 2. The molecule has 0 bridgehead atoms. The van der Waals surface area contributed by atoms with E-state index in [4.69, 9.17) is 11.6 Å². The number of nitrogens with one attached hydrogen (secondary N) is 2. The van der Waals surface area contributed by atoms with Crippen molar-refractivity contribution in [2.75, 3.05) is 17.2 Å². The Morgan fingerprint density at radius 3 is 2.68 bits per heavy atom. The average molecular weight is 399 g/mol. The van der Waals surface area contributed by atoms with E-state index in [2.05, 4.69) is 20.6 Å². The van der Waals surface area contributed by atoms with Gasteiger partial charge in [0.1, 0.15) is 11.5 Å². The number of carbonyl (C=O) groups is 1. The van der Waals surface area contributed by atoms with Crippen LogP contribution in [0.25, 0.3) is 0 Å². The molecule has 2 N–H and O–H groups in total. The lowest BCUT2D eigenvalue weighted by atomic mass is 10.1. The number of aryl methyl sites for hydroxylation is 1. The maximum atomic E-state index is 13.7. The van der Waals surface area contributed by atoms with E-state index in [1.807, 2.05) is 6.92 Å². The molecule has 5 nitrogen and oxygen atoms in total. The number of anilines is 2. The summed E-state index contributed by atoms with van der Waals surface area (Å²) in [6.07, 6.45) is 0.479. The second-order valence-corrected chi connectivity index (χ2v) is 6.76. The highest BCUT2D eigenvalue weighted by molar-refractivity contribution is 6.31. The average Bonchev–Trinajstić information content (AvgIpc) is 2.66. The second-order valence-electron chi connectivity index (χ2n) is 6.35. The Balaban J connectivity index is 1.69. The van der Waals surface area contributed by atoms with Crippen LogP contribution < -0.4 is 10.6 Å². The number of amides is 1. The Bertz CT molecular complexity index is 1010. The van der Waals surface area contributed by atoms with Gasteiger partial charge in [0.05, 0.1) is 0 Å². The molecule has 0 fully saturated rings. The van der Waals surface area contributed by atoms with E-state index in [0.29, 0.717) is 40.9 Å². The molecule has 0 spiro atoms. The number of hydrogen-bond acceptors (Lipinski definition) is 4. The van der Waals surface area contributed by atoms with E-state index in [1.54, 1.807) is 49.4 Å².